The topological polar surface area (TPSA) is 118 Å². The normalized spacial score (nSPS) is 20.2. The SMILES string of the molecule is Cc1cc(Nc2nccc(-c3cc(C#N)c4c(c3)[C@@](C)(CO[Si](C)(C)C(C)(C)C)CN4[B]C=O)n2)nn1CC1CCCCO1. The molecule has 2 aliphatic heterocycles. The van der Waals surface area contributed by atoms with Gasteiger partial charge in [-0.3, -0.25) is 4.68 Å². The number of rotatable bonds is 10. The second-order valence-electron chi connectivity index (χ2n) is 13.8. The summed E-state index contributed by atoms with van der Waals surface area (Å²) in [5, 5.41) is 18.3. The van der Waals surface area contributed by atoms with Gasteiger partial charge in [0.25, 0.3) is 0 Å². The lowest BCUT2D eigenvalue weighted by molar-refractivity contribution is 0.00370. The molecule has 0 amide bonds. The number of benzene rings is 1. The van der Waals surface area contributed by atoms with Crippen LogP contribution < -0.4 is 10.1 Å². The number of hydrogen-bond acceptors (Lipinski definition) is 9. The molecule has 231 valence electrons. The van der Waals surface area contributed by atoms with Gasteiger partial charge in [-0.1, -0.05) is 27.7 Å². The van der Waals surface area contributed by atoms with E-state index < -0.39 is 13.7 Å². The number of aromatic nitrogens is 4. The van der Waals surface area contributed by atoms with Crippen molar-refractivity contribution in [3.05, 3.63) is 47.3 Å². The molecule has 0 spiro atoms. The Kier molecular flexibility index (Phi) is 9.03. The van der Waals surface area contributed by atoms with Crippen molar-refractivity contribution in [2.45, 2.75) is 90.1 Å². The van der Waals surface area contributed by atoms with Gasteiger partial charge in [0.2, 0.25) is 5.95 Å². The summed E-state index contributed by atoms with van der Waals surface area (Å²) in [6.07, 6.45) is 6.01. The van der Waals surface area contributed by atoms with E-state index in [-0.39, 0.29) is 11.1 Å². The first-order valence-electron chi connectivity index (χ1n) is 15.4. The summed E-state index contributed by atoms with van der Waals surface area (Å²) in [5.74, 6) is 1.08. The molecule has 0 bridgehead atoms. The van der Waals surface area contributed by atoms with E-state index in [9.17, 15) is 10.1 Å². The van der Waals surface area contributed by atoms with Crippen LogP contribution in [0.1, 0.15) is 63.8 Å². The molecule has 4 heterocycles. The number of carbonyl (C=O) groups is 1. The summed E-state index contributed by atoms with van der Waals surface area (Å²) in [4.78, 5) is 22.7. The molecular weight excluding hydrogens is 569 g/mol. The fraction of sp³-hybridized carbons (Fsp3) is 0.531. The van der Waals surface area contributed by atoms with Crippen molar-refractivity contribution < 1.29 is 14.0 Å². The molecule has 1 radical (unpaired) electrons. The molecule has 44 heavy (non-hydrogen) atoms. The lowest BCUT2D eigenvalue weighted by Gasteiger charge is -2.39. The van der Waals surface area contributed by atoms with Crippen molar-refractivity contribution in [2.24, 2.45) is 0 Å². The van der Waals surface area contributed by atoms with E-state index in [1.54, 1.807) is 6.20 Å². The summed E-state index contributed by atoms with van der Waals surface area (Å²) in [7, 11) is -0.542. The van der Waals surface area contributed by atoms with Crippen LogP contribution in [0.3, 0.4) is 0 Å². The summed E-state index contributed by atoms with van der Waals surface area (Å²) < 4.78 is 14.6. The molecule has 1 aromatic carbocycles. The van der Waals surface area contributed by atoms with Crippen LogP contribution >= 0.6 is 0 Å². The van der Waals surface area contributed by atoms with Gasteiger partial charge in [0, 0.05) is 54.4 Å². The summed E-state index contributed by atoms with van der Waals surface area (Å²) in [6.45, 7) is 17.9. The smallest absolute Gasteiger partial charge is 0.329 e. The molecule has 1 fully saturated rings. The first-order chi connectivity index (χ1) is 20.8. The quantitative estimate of drug-likeness (QED) is 0.226. The maximum Gasteiger partial charge on any atom is 0.329 e. The van der Waals surface area contributed by atoms with Gasteiger partial charge in [-0.05, 0) is 68.1 Å². The highest BCUT2D eigenvalue weighted by atomic mass is 28.4. The fourth-order valence-corrected chi connectivity index (χ4v) is 6.76. The van der Waals surface area contributed by atoms with Crippen molar-refractivity contribution in [2.75, 3.05) is 29.9 Å². The van der Waals surface area contributed by atoms with Crippen LogP contribution in [-0.4, -0.2) is 67.5 Å². The third kappa shape index (κ3) is 6.60. The Morgan fingerprint density at radius 2 is 2.09 bits per heavy atom. The zero-order chi connectivity index (χ0) is 31.7. The van der Waals surface area contributed by atoms with E-state index in [1.165, 1.54) is 13.8 Å². The number of anilines is 3. The fourth-order valence-electron chi connectivity index (χ4n) is 5.65. The van der Waals surface area contributed by atoms with E-state index in [0.717, 1.165) is 54.7 Å². The Balaban J connectivity index is 1.44. The van der Waals surface area contributed by atoms with Gasteiger partial charge in [0.15, 0.2) is 14.1 Å². The number of nitrogens with one attached hydrogen (secondary N) is 1. The van der Waals surface area contributed by atoms with Gasteiger partial charge in [-0.25, -0.2) is 9.97 Å². The summed E-state index contributed by atoms with van der Waals surface area (Å²) >= 11 is 0. The number of hydrogen-bond donors (Lipinski definition) is 1. The van der Waals surface area contributed by atoms with E-state index in [1.807, 2.05) is 34.6 Å². The van der Waals surface area contributed by atoms with Crippen molar-refractivity contribution in [1.82, 2.24) is 19.7 Å². The lowest BCUT2D eigenvalue weighted by Crippen LogP contribution is -2.46. The Hall–Kier alpha value is -3.53. The standard InChI is InChI=1S/C32H43BN7O3Si/c1-22-14-28(38-40(22)18-25-10-8-9-13-42-25)37-30-35-12-11-27(36-30)23-15-24(17-34)29-26(16-23)32(5,19-39(29)33-21-41)20-43-44(6,7)31(2,3)4/h11-12,14-16,21,25H,8-10,13,18-20H2,1-7H3,(H,35,36,37,38)/t25?,32-/m1/s1. The van der Waals surface area contributed by atoms with Crippen LogP contribution in [0, 0.1) is 18.3 Å². The van der Waals surface area contributed by atoms with Crippen LogP contribution in [0.15, 0.2) is 30.5 Å². The first-order valence-corrected chi connectivity index (χ1v) is 18.3. The van der Waals surface area contributed by atoms with E-state index in [0.29, 0.717) is 36.2 Å². The Morgan fingerprint density at radius 3 is 2.77 bits per heavy atom. The summed E-state index contributed by atoms with van der Waals surface area (Å²) in [5.41, 5.74) is 4.28. The van der Waals surface area contributed by atoms with Crippen molar-refractivity contribution in [1.29, 1.82) is 5.26 Å². The molecule has 2 aliphatic rings. The maximum absolute atomic E-state index is 11.6. The minimum Gasteiger partial charge on any atom is -0.416 e. The van der Waals surface area contributed by atoms with Gasteiger partial charge < -0.3 is 24.1 Å². The number of aryl methyl sites for hydroxylation is 1. The molecule has 2 atom stereocenters. The van der Waals surface area contributed by atoms with Gasteiger partial charge >= 0.3 is 7.41 Å². The molecule has 3 aromatic rings. The average Bonchev–Trinajstić information content (AvgIpc) is 3.47. The van der Waals surface area contributed by atoms with Crippen molar-refractivity contribution in [3.8, 4) is 17.3 Å². The second kappa shape index (κ2) is 12.5. The van der Waals surface area contributed by atoms with E-state index in [4.69, 9.17) is 19.2 Å². The number of fused-ring (bicyclic) bond motifs is 1. The first kappa shape index (κ1) is 31.9. The number of nitriles is 1. The van der Waals surface area contributed by atoms with Crippen LogP contribution in [0.25, 0.3) is 11.3 Å². The van der Waals surface area contributed by atoms with Crippen LogP contribution in [0.5, 0.6) is 0 Å². The van der Waals surface area contributed by atoms with Crippen molar-refractivity contribution in [3.63, 3.8) is 0 Å². The average molecular weight is 613 g/mol. The highest BCUT2D eigenvalue weighted by molar-refractivity contribution is 6.74. The zero-order valence-corrected chi connectivity index (χ0v) is 28.0. The van der Waals surface area contributed by atoms with Gasteiger partial charge in [0.05, 0.1) is 23.9 Å². The Morgan fingerprint density at radius 1 is 1.30 bits per heavy atom. The maximum atomic E-state index is 11.6. The second-order valence-corrected chi connectivity index (χ2v) is 18.6. The lowest BCUT2D eigenvalue weighted by atomic mass is 9.83. The predicted octanol–water partition coefficient (Wildman–Crippen LogP) is 5.74. The minimum atomic E-state index is -2.05. The molecule has 2 aromatic heterocycles. The molecule has 12 heteroatoms. The monoisotopic (exact) mass is 612 g/mol. The Labute approximate surface area is 262 Å². The highest BCUT2D eigenvalue weighted by Gasteiger charge is 2.44. The van der Waals surface area contributed by atoms with Crippen LogP contribution in [0.2, 0.25) is 18.1 Å². The molecule has 1 saturated heterocycles. The molecule has 0 saturated carbocycles. The third-order valence-electron chi connectivity index (χ3n) is 9.31. The van der Waals surface area contributed by atoms with E-state index >= 15 is 0 Å². The molecule has 0 aliphatic carbocycles. The van der Waals surface area contributed by atoms with Gasteiger partial charge in [-0.2, -0.15) is 10.4 Å². The zero-order valence-electron chi connectivity index (χ0n) is 27.0. The highest BCUT2D eigenvalue weighted by Crippen LogP contribution is 2.46. The predicted molar refractivity (Wildman–Crippen MR) is 176 cm³/mol. The molecule has 10 nitrogen and oxygen atoms in total. The van der Waals surface area contributed by atoms with E-state index in [2.05, 4.69) is 63.2 Å². The van der Waals surface area contributed by atoms with Crippen LogP contribution in [-0.2, 0) is 25.9 Å². The van der Waals surface area contributed by atoms with Crippen LogP contribution in [0.4, 0.5) is 17.5 Å². The largest absolute Gasteiger partial charge is 0.416 e. The third-order valence-corrected chi connectivity index (χ3v) is 13.8. The number of ether oxygens (including phenoxy) is 1. The summed E-state index contributed by atoms with van der Waals surface area (Å²) in [6, 6.07) is 10.1. The van der Waals surface area contributed by atoms with Gasteiger partial charge in [0.1, 0.15) is 12.3 Å². The Bertz CT molecular complexity index is 1560. The molecule has 5 rings (SSSR count). The molecule has 1 unspecified atom stereocenters. The molecular formula is C32H43BN7O3Si. The number of nitrogens with zero attached hydrogens (tertiary/aromatic N) is 6. The van der Waals surface area contributed by atoms with Gasteiger partial charge in [-0.15, -0.1) is 0 Å². The number of carbonyl (C=O) groups excluding carboxylic acids is 1. The minimum absolute atomic E-state index is 0.0570. The van der Waals surface area contributed by atoms with Crippen molar-refractivity contribution >= 4 is 39.4 Å². The molecule has 1 N–H and O–H groups in total.